The van der Waals surface area contributed by atoms with Gasteiger partial charge in [-0.2, -0.15) is 0 Å². The zero-order chi connectivity index (χ0) is 17.0. The van der Waals surface area contributed by atoms with Crippen LogP contribution in [-0.4, -0.2) is 28.7 Å². The number of thiophene rings is 1. The molecule has 4 nitrogen and oxygen atoms in total. The Kier molecular flexibility index (Phi) is 6.44. The summed E-state index contributed by atoms with van der Waals surface area (Å²) in [6, 6.07) is 3.86. The smallest absolute Gasteiger partial charge is 0.255 e. The van der Waals surface area contributed by atoms with Gasteiger partial charge in [0.15, 0.2) is 0 Å². The van der Waals surface area contributed by atoms with Crippen molar-refractivity contribution in [1.29, 1.82) is 0 Å². The summed E-state index contributed by atoms with van der Waals surface area (Å²) in [4.78, 5) is 22.6. The molecule has 0 aliphatic carbocycles. The SMILES string of the molecule is CSc1nc(C(C)C)nc(C)c1C(=O)NCCc1ccc(Cl)s1. The van der Waals surface area contributed by atoms with Crippen LogP contribution in [0, 0.1) is 6.92 Å². The number of halogens is 1. The zero-order valence-electron chi connectivity index (χ0n) is 13.6. The van der Waals surface area contributed by atoms with Crippen molar-refractivity contribution in [2.75, 3.05) is 12.8 Å². The molecular weight excluding hydrogens is 350 g/mol. The molecule has 1 N–H and O–H groups in total. The standard InChI is InChI=1S/C16H20ClN3OS2/c1-9(2)14-19-10(3)13(16(20-14)22-4)15(21)18-8-7-11-5-6-12(17)23-11/h5-6,9H,7-8H2,1-4H3,(H,18,21). The van der Waals surface area contributed by atoms with E-state index in [1.54, 1.807) is 0 Å². The lowest BCUT2D eigenvalue weighted by Gasteiger charge is -2.13. The first-order valence-electron chi connectivity index (χ1n) is 7.37. The van der Waals surface area contributed by atoms with E-state index in [9.17, 15) is 4.79 Å². The topological polar surface area (TPSA) is 54.9 Å². The first-order valence-corrected chi connectivity index (χ1v) is 9.79. The van der Waals surface area contributed by atoms with Crippen molar-refractivity contribution in [3.8, 4) is 0 Å². The summed E-state index contributed by atoms with van der Waals surface area (Å²) in [6.07, 6.45) is 2.69. The number of carbonyl (C=O) groups is 1. The van der Waals surface area contributed by atoms with Crippen molar-refractivity contribution in [3.05, 3.63) is 38.4 Å². The fourth-order valence-corrected chi connectivity index (χ4v) is 3.82. The molecule has 0 saturated carbocycles. The van der Waals surface area contributed by atoms with Crippen LogP contribution in [0.3, 0.4) is 0 Å². The number of nitrogens with one attached hydrogen (secondary N) is 1. The molecule has 0 radical (unpaired) electrons. The van der Waals surface area contributed by atoms with Crippen LogP contribution in [0.25, 0.3) is 0 Å². The normalized spacial score (nSPS) is 11.0. The first-order chi connectivity index (χ1) is 10.9. The number of hydrogen-bond donors (Lipinski definition) is 1. The van der Waals surface area contributed by atoms with Crippen LogP contribution in [0.4, 0.5) is 0 Å². The van der Waals surface area contributed by atoms with Crippen molar-refractivity contribution in [3.63, 3.8) is 0 Å². The lowest BCUT2D eigenvalue weighted by molar-refractivity contribution is 0.0949. The van der Waals surface area contributed by atoms with Crippen LogP contribution in [0.1, 0.15) is 46.5 Å². The van der Waals surface area contributed by atoms with E-state index >= 15 is 0 Å². The molecule has 0 bridgehead atoms. The molecule has 124 valence electrons. The largest absolute Gasteiger partial charge is 0.352 e. The molecule has 0 aliphatic rings. The van der Waals surface area contributed by atoms with E-state index in [1.807, 2.05) is 39.2 Å². The Labute approximate surface area is 150 Å². The predicted molar refractivity (Wildman–Crippen MR) is 98.0 cm³/mol. The van der Waals surface area contributed by atoms with Gasteiger partial charge in [0.25, 0.3) is 5.91 Å². The Morgan fingerprint density at radius 3 is 2.70 bits per heavy atom. The second-order valence-electron chi connectivity index (χ2n) is 5.42. The summed E-state index contributed by atoms with van der Waals surface area (Å²) in [5.74, 6) is 0.890. The van der Waals surface area contributed by atoms with Gasteiger partial charge in [-0.3, -0.25) is 4.79 Å². The van der Waals surface area contributed by atoms with Crippen molar-refractivity contribution in [2.24, 2.45) is 0 Å². The van der Waals surface area contributed by atoms with E-state index in [1.165, 1.54) is 23.1 Å². The summed E-state index contributed by atoms with van der Waals surface area (Å²) in [7, 11) is 0. The van der Waals surface area contributed by atoms with Gasteiger partial charge in [-0.05, 0) is 31.7 Å². The fraction of sp³-hybridized carbons (Fsp3) is 0.438. The van der Waals surface area contributed by atoms with E-state index in [0.717, 1.165) is 32.2 Å². The first kappa shape index (κ1) is 18.2. The van der Waals surface area contributed by atoms with Gasteiger partial charge >= 0.3 is 0 Å². The zero-order valence-corrected chi connectivity index (χ0v) is 16.0. The molecule has 2 rings (SSSR count). The van der Waals surface area contributed by atoms with Crippen molar-refractivity contribution < 1.29 is 4.79 Å². The summed E-state index contributed by atoms with van der Waals surface area (Å²) in [5.41, 5.74) is 1.30. The quantitative estimate of drug-likeness (QED) is 0.608. The summed E-state index contributed by atoms with van der Waals surface area (Å²) in [5, 5.41) is 3.69. The average Bonchev–Trinajstić information content (AvgIpc) is 2.91. The number of aryl methyl sites for hydroxylation is 1. The molecule has 7 heteroatoms. The van der Waals surface area contributed by atoms with Gasteiger partial charge in [0.1, 0.15) is 10.9 Å². The summed E-state index contributed by atoms with van der Waals surface area (Å²) in [6.45, 7) is 6.52. The highest BCUT2D eigenvalue weighted by Gasteiger charge is 2.19. The summed E-state index contributed by atoms with van der Waals surface area (Å²) < 4.78 is 0.768. The maximum atomic E-state index is 12.5. The van der Waals surface area contributed by atoms with Crippen LogP contribution in [-0.2, 0) is 6.42 Å². The Morgan fingerprint density at radius 2 is 2.13 bits per heavy atom. The minimum atomic E-state index is -0.121. The lowest BCUT2D eigenvalue weighted by atomic mass is 10.1. The highest BCUT2D eigenvalue weighted by Crippen LogP contribution is 2.23. The average molecular weight is 370 g/mol. The van der Waals surface area contributed by atoms with Gasteiger partial charge in [-0.1, -0.05) is 25.4 Å². The Hall–Kier alpha value is -1.11. The molecule has 0 aliphatic heterocycles. The molecule has 0 unspecified atom stereocenters. The van der Waals surface area contributed by atoms with Crippen molar-refractivity contribution in [2.45, 2.75) is 38.1 Å². The number of carbonyl (C=O) groups excluding carboxylic acids is 1. The van der Waals surface area contributed by atoms with E-state index in [0.29, 0.717) is 12.1 Å². The van der Waals surface area contributed by atoms with E-state index in [-0.39, 0.29) is 11.8 Å². The number of aromatic nitrogens is 2. The Morgan fingerprint density at radius 1 is 1.39 bits per heavy atom. The molecule has 23 heavy (non-hydrogen) atoms. The number of rotatable bonds is 6. The predicted octanol–water partition coefficient (Wildman–Crippen LogP) is 4.32. The highest BCUT2D eigenvalue weighted by molar-refractivity contribution is 7.98. The van der Waals surface area contributed by atoms with E-state index in [2.05, 4.69) is 15.3 Å². The maximum Gasteiger partial charge on any atom is 0.255 e. The molecule has 1 amide bonds. The molecule has 2 heterocycles. The summed E-state index contributed by atoms with van der Waals surface area (Å²) >= 11 is 8.92. The maximum absolute atomic E-state index is 12.5. The third-order valence-corrected chi connectivity index (χ3v) is 5.27. The van der Waals surface area contributed by atoms with Gasteiger partial charge in [-0.15, -0.1) is 23.1 Å². The number of thioether (sulfide) groups is 1. The minimum Gasteiger partial charge on any atom is -0.352 e. The van der Waals surface area contributed by atoms with Gasteiger partial charge in [0.2, 0.25) is 0 Å². The monoisotopic (exact) mass is 369 g/mol. The van der Waals surface area contributed by atoms with Gasteiger partial charge in [-0.25, -0.2) is 9.97 Å². The van der Waals surface area contributed by atoms with Crippen LogP contribution in [0.5, 0.6) is 0 Å². The fourth-order valence-electron chi connectivity index (χ4n) is 2.11. The molecule has 2 aromatic rings. The molecule has 0 spiro atoms. The number of hydrogen-bond acceptors (Lipinski definition) is 5. The van der Waals surface area contributed by atoms with Crippen molar-refractivity contribution in [1.82, 2.24) is 15.3 Å². The number of nitrogens with zero attached hydrogens (tertiary/aromatic N) is 2. The highest BCUT2D eigenvalue weighted by atomic mass is 35.5. The van der Waals surface area contributed by atoms with Gasteiger partial charge < -0.3 is 5.32 Å². The van der Waals surface area contributed by atoms with Gasteiger partial charge in [0, 0.05) is 17.3 Å². The molecule has 0 saturated heterocycles. The van der Waals surface area contributed by atoms with Crippen LogP contribution >= 0.6 is 34.7 Å². The second-order valence-corrected chi connectivity index (χ2v) is 8.01. The third kappa shape index (κ3) is 4.68. The molecule has 0 aromatic carbocycles. The molecule has 0 atom stereocenters. The molecule has 0 fully saturated rings. The van der Waals surface area contributed by atoms with Crippen molar-refractivity contribution >= 4 is 40.6 Å². The van der Waals surface area contributed by atoms with Crippen LogP contribution < -0.4 is 5.32 Å². The second kappa shape index (κ2) is 8.13. The van der Waals surface area contributed by atoms with E-state index < -0.39 is 0 Å². The Bertz CT molecular complexity index is 701. The third-order valence-electron chi connectivity index (χ3n) is 3.30. The minimum absolute atomic E-state index is 0.121. The van der Waals surface area contributed by atoms with Crippen LogP contribution in [0.15, 0.2) is 17.2 Å². The molecule has 2 aromatic heterocycles. The van der Waals surface area contributed by atoms with E-state index in [4.69, 9.17) is 11.6 Å². The van der Waals surface area contributed by atoms with Crippen LogP contribution in [0.2, 0.25) is 4.34 Å². The Balaban J connectivity index is 2.09. The van der Waals surface area contributed by atoms with Gasteiger partial charge in [0.05, 0.1) is 15.6 Å². The lowest BCUT2D eigenvalue weighted by Crippen LogP contribution is -2.27. The molecular formula is C16H20ClN3OS2. The number of amides is 1.